The zero-order chi connectivity index (χ0) is 22.5. The second kappa shape index (κ2) is 10.1. The Bertz CT molecular complexity index is 920. The first-order valence-corrected chi connectivity index (χ1v) is 11.8. The molecule has 2 aliphatic rings. The third-order valence-electron chi connectivity index (χ3n) is 6.60. The summed E-state index contributed by atoms with van der Waals surface area (Å²) in [7, 11) is 0. The first-order chi connectivity index (χ1) is 15.5. The minimum absolute atomic E-state index is 0.0640. The lowest BCUT2D eigenvalue weighted by Gasteiger charge is -2.36. The molecule has 0 aliphatic carbocycles. The number of anilines is 1. The van der Waals surface area contributed by atoms with Gasteiger partial charge in [-0.1, -0.05) is 6.07 Å². The monoisotopic (exact) mass is 438 g/mol. The third kappa shape index (κ3) is 5.11. The van der Waals surface area contributed by atoms with Gasteiger partial charge in [-0.25, -0.2) is 4.98 Å². The minimum Gasteiger partial charge on any atom is -0.353 e. The molecule has 0 N–H and O–H groups in total. The molecule has 0 radical (unpaired) electrons. The van der Waals surface area contributed by atoms with Gasteiger partial charge >= 0.3 is 0 Å². The van der Waals surface area contributed by atoms with Crippen molar-refractivity contribution in [2.24, 2.45) is 5.92 Å². The molecule has 0 bridgehead atoms. The van der Waals surface area contributed by atoms with Crippen LogP contribution >= 0.6 is 0 Å². The largest absolute Gasteiger partial charge is 0.353 e. The molecule has 2 fully saturated rings. The van der Waals surface area contributed by atoms with Crippen molar-refractivity contribution in [3.63, 3.8) is 0 Å². The van der Waals surface area contributed by atoms with E-state index in [4.69, 9.17) is 0 Å². The summed E-state index contributed by atoms with van der Waals surface area (Å²) in [5.74, 6) is 1.65. The number of carbonyl (C=O) groups excluding carboxylic acids is 2. The molecule has 32 heavy (non-hydrogen) atoms. The topological polar surface area (TPSA) is 74.6 Å². The number of aryl methyl sites for hydroxylation is 2. The lowest BCUT2D eigenvalue weighted by atomic mass is 9.93. The van der Waals surface area contributed by atoms with Crippen LogP contribution in [0, 0.1) is 12.8 Å². The highest BCUT2D eigenvalue weighted by molar-refractivity contribution is 5.92. The Kier molecular flexibility index (Phi) is 7.07. The molecule has 0 saturated carbocycles. The molecule has 8 heteroatoms. The van der Waals surface area contributed by atoms with Gasteiger partial charge in [0, 0.05) is 58.4 Å². The van der Waals surface area contributed by atoms with Gasteiger partial charge in [-0.15, -0.1) is 0 Å². The lowest BCUT2D eigenvalue weighted by molar-refractivity contribution is -0.131. The van der Waals surface area contributed by atoms with Crippen molar-refractivity contribution >= 4 is 17.6 Å². The summed E-state index contributed by atoms with van der Waals surface area (Å²) in [5.41, 5.74) is 1.55. The maximum absolute atomic E-state index is 13.1. The van der Waals surface area contributed by atoms with Gasteiger partial charge in [-0.05, 0) is 57.2 Å². The summed E-state index contributed by atoms with van der Waals surface area (Å²) in [6.45, 7) is 9.25. The average molecular weight is 439 g/mol. The highest BCUT2D eigenvalue weighted by Gasteiger charge is 2.28. The summed E-state index contributed by atoms with van der Waals surface area (Å²) < 4.78 is 1.79. The van der Waals surface area contributed by atoms with Gasteiger partial charge < -0.3 is 14.7 Å². The van der Waals surface area contributed by atoms with E-state index < -0.39 is 0 Å². The molecule has 0 spiro atoms. The predicted molar refractivity (Wildman–Crippen MR) is 124 cm³/mol. The van der Waals surface area contributed by atoms with Crippen molar-refractivity contribution in [1.82, 2.24) is 24.6 Å². The highest BCUT2D eigenvalue weighted by Crippen LogP contribution is 2.23. The van der Waals surface area contributed by atoms with E-state index >= 15 is 0 Å². The molecule has 2 aliphatic heterocycles. The van der Waals surface area contributed by atoms with Crippen LogP contribution in [0.2, 0.25) is 0 Å². The Morgan fingerprint density at radius 3 is 2.62 bits per heavy atom. The van der Waals surface area contributed by atoms with E-state index in [2.05, 4.69) is 15.0 Å². The number of piperidine rings is 1. The van der Waals surface area contributed by atoms with E-state index in [1.54, 1.807) is 4.68 Å². The van der Waals surface area contributed by atoms with Gasteiger partial charge in [0.25, 0.3) is 5.91 Å². The fraction of sp³-hybridized carbons (Fsp3) is 0.583. The standard InChI is InChI=1S/C24H34N6O2/c1-3-30-21(17-19(2)26-30)24(32)29-12-6-7-20(18-29)9-10-23(31)28-15-13-27(14-16-28)22-8-4-5-11-25-22/h4-5,8,11,17,20H,3,6-7,9-10,12-16,18H2,1-2H3/t20-/m0/s1. The maximum atomic E-state index is 13.1. The van der Waals surface area contributed by atoms with Gasteiger partial charge in [0.2, 0.25) is 5.91 Å². The molecule has 4 rings (SSSR count). The van der Waals surface area contributed by atoms with E-state index in [9.17, 15) is 9.59 Å². The molecule has 1 atom stereocenters. The maximum Gasteiger partial charge on any atom is 0.272 e. The van der Waals surface area contributed by atoms with E-state index in [0.717, 1.165) is 70.0 Å². The molecular weight excluding hydrogens is 404 g/mol. The first-order valence-electron chi connectivity index (χ1n) is 11.8. The van der Waals surface area contributed by atoms with Crippen molar-refractivity contribution in [3.05, 3.63) is 41.9 Å². The number of nitrogens with zero attached hydrogens (tertiary/aromatic N) is 6. The molecule has 8 nitrogen and oxygen atoms in total. The number of carbonyl (C=O) groups is 2. The Morgan fingerprint density at radius 1 is 1.09 bits per heavy atom. The minimum atomic E-state index is 0.0640. The number of pyridine rings is 1. The van der Waals surface area contributed by atoms with Crippen LogP contribution in [-0.2, 0) is 11.3 Å². The summed E-state index contributed by atoms with van der Waals surface area (Å²) in [6.07, 6.45) is 5.28. The number of hydrogen-bond donors (Lipinski definition) is 0. The molecule has 4 heterocycles. The molecule has 2 aromatic heterocycles. The quantitative estimate of drug-likeness (QED) is 0.693. The molecule has 2 aromatic rings. The van der Waals surface area contributed by atoms with Crippen LogP contribution in [0.15, 0.2) is 30.5 Å². The van der Waals surface area contributed by atoms with Crippen LogP contribution in [0.25, 0.3) is 0 Å². The Morgan fingerprint density at radius 2 is 1.91 bits per heavy atom. The lowest BCUT2D eigenvalue weighted by Crippen LogP contribution is -2.49. The Hall–Kier alpha value is -2.90. The number of piperazine rings is 1. The summed E-state index contributed by atoms with van der Waals surface area (Å²) in [4.78, 5) is 36.4. The van der Waals surface area contributed by atoms with Crippen LogP contribution < -0.4 is 4.90 Å². The van der Waals surface area contributed by atoms with Gasteiger partial charge in [0.1, 0.15) is 11.5 Å². The summed E-state index contributed by atoms with van der Waals surface area (Å²) in [6, 6.07) is 7.81. The molecule has 2 saturated heterocycles. The van der Waals surface area contributed by atoms with Crippen LogP contribution in [0.4, 0.5) is 5.82 Å². The van der Waals surface area contributed by atoms with Gasteiger partial charge in [-0.2, -0.15) is 5.10 Å². The van der Waals surface area contributed by atoms with Crippen molar-refractivity contribution in [3.8, 4) is 0 Å². The second-order valence-corrected chi connectivity index (χ2v) is 8.84. The number of rotatable bonds is 6. The number of hydrogen-bond acceptors (Lipinski definition) is 5. The SMILES string of the molecule is CCn1nc(C)cc1C(=O)N1CCC[C@@H](CCC(=O)N2CCN(c3ccccn3)CC2)C1. The van der Waals surface area contributed by atoms with Crippen molar-refractivity contribution < 1.29 is 9.59 Å². The average Bonchev–Trinajstić information content (AvgIpc) is 3.23. The first kappa shape index (κ1) is 22.3. The number of amides is 2. The van der Waals surface area contributed by atoms with E-state index in [0.29, 0.717) is 24.6 Å². The van der Waals surface area contributed by atoms with Crippen LogP contribution in [0.5, 0.6) is 0 Å². The smallest absolute Gasteiger partial charge is 0.272 e. The second-order valence-electron chi connectivity index (χ2n) is 8.84. The van der Waals surface area contributed by atoms with E-state index in [1.165, 1.54) is 0 Å². The van der Waals surface area contributed by atoms with Crippen molar-refractivity contribution in [2.45, 2.75) is 46.1 Å². The number of aromatic nitrogens is 3. The zero-order valence-electron chi connectivity index (χ0n) is 19.2. The molecule has 2 amide bonds. The van der Waals surface area contributed by atoms with Gasteiger partial charge in [0.15, 0.2) is 0 Å². The molecule has 0 unspecified atom stereocenters. The van der Waals surface area contributed by atoms with Crippen LogP contribution in [-0.4, -0.2) is 75.6 Å². The fourth-order valence-electron chi connectivity index (χ4n) is 4.82. The van der Waals surface area contributed by atoms with Gasteiger partial charge in [-0.3, -0.25) is 14.3 Å². The summed E-state index contributed by atoms with van der Waals surface area (Å²) in [5, 5.41) is 4.41. The molecule has 0 aromatic carbocycles. The Labute approximate surface area is 190 Å². The zero-order valence-corrected chi connectivity index (χ0v) is 19.2. The van der Waals surface area contributed by atoms with Crippen LogP contribution in [0.3, 0.4) is 0 Å². The number of likely N-dealkylation sites (tertiary alicyclic amines) is 1. The normalized spacial score (nSPS) is 19.3. The van der Waals surface area contributed by atoms with Gasteiger partial charge in [0.05, 0.1) is 5.69 Å². The molecular formula is C24H34N6O2. The molecule has 172 valence electrons. The highest BCUT2D eigenvalue weighted by atomic mass is 16.2. The van der Waals surface area contributed by atoms with Crippen molar-refractivity contribution in [2.75, 3.05) is 44.2 Å². The summed E-state index contributed by atoms with van der Waals surface area (Å²) >= 11 is 0. The van der Waals surface area contributed by atoms with Crippen LogP contribution in [0.1, 0.15) is 48.8 Å². The predicted octanol–water partition coefficient (Wildman–Crippen LogP) is 2.59. The van der Waals surface area contributed by atoms with E-state index in [1.807, 2.05) is 54.1 Å². The fourth-order valence-corrected chi connectivity index (χ4v) is 4.82. The van der Waals surface area contributed by atoms with E-state index in [-0.39, 0.29) is 11.8 Å². The Balaban J connectivity index is 1.25. The van der Waals surface area contributed by atoms with Crippen molar-refractivity contribution in [1.29, 1.82) is 0 Å². The third-order valence-corrected chi connectivity index (χ3v) is 6.60.